The van der Waals surface area contributed by atoms with Crippen LogP contribution in [0.4, 0.5) is 0 Å². The van der Waals surface area contributed by atoms with Gasteiger partial charge in [0.1, 0.15) is 0 Å². The van der Waals surface area contributed by atoms with E-state index in [0.717, 1.165) is 5.69 Å². The second-order valence-corrected chi connectivity index (χ2v) is 5.24. The fourth-order valence-corrected chi connectivity index (χ4v) is 2.38. The Morgan fingerprint density at radius 3 is 2.67 bits per heavy atom. The zero-order valence-electron chi connectivity index (χ0n) is 10.5. The topological polar surface area (TPSA) is 12.9 Å². The lowest BCUT2D eigenvalue weighted by Gasteiger charge is -1.92. The van der Waals surface area contributed by atoms with Crippen LogP contribution in [0.15, 0.2) is 48.2 Å². The third-order valence-corrected chi connectivity index (χ3v) is 3.28. The minimum Gasteiger partial charge on any atom is -0.257 e. The highest BCUT2D eigenvalue weighted by molar-refractivity contribution is 7.12. The lowest BCUT2D eigenvalue weighted by molar-refractivity contribution is 1.29. The molecule has 0 saturated heterocycles. The van der Waals surface area contributed by atoms with Gasteiger partial charge >= 0.3 is 0 Å². The van der Waals surface area contributed by atoms with E-state index in [9.17, 15) is 0 Å². The molecule has 0 aliphatic carbocycles. The van der Waals surface area contributed by atoms with Crippen molar-refractivity contribution in [3.8, 4) is 0 Å². The molecule has 1 nitrogen and oxygen atoms in total. The first kappa shape index (κ1) is 14.7. The van der Waals surface area contributed by atoms with Crippen LogP contribution in [0.5, 0.6) is 0 Å². The number of nitrogens with zero attached hydrogens (tertiary/aromatic N) is 1. The van der Waals surface area contributed by atoms with E-state index in [2.05, 4.69) is 43.1 Å². The van der Waals surface area contributed by atoms with Gasteiger partial charge in [-0.15, -0.1) is 23.7 Å². The van der Waals surface area contributed by atoms with Crippen LogP contribution in [0.1, 0.15) is 22.4 Å². The lowest BCUT2D eigenvalue weighted by Crippen LogP contribution is -1.76. The quantitative estimate of drug-likeness (QED) is 0.720. The third-order valence-electron chi connectivity index (χ3n) is 2.34. The lowest BCUT2D eigenvalue weighted by atomic mass is 10.2. The number of thiophene rings is 1. The molecular formula is C15H16ClNS. The van der Waals surface area contributed by atoms with Gasteiger partial charge in [0.2, 0.25) is 0 Å². The van der Waals surface area contributed by atoms with Crippen LogP contribution in [0.2, 0.25) is 0 Å². The van der Waals surface area contributed by atoms with Gasteiger partial charge in [0.25, 0.3) is 0 Å². The molecule has 0 N–H and O–H groups in total. The Labute approximate surface area is 118 Å². The number of aromatic nitrogens is 1. The van der Waals surface area contributed by atoms with Gasteiger partial charge in [-0.3, -0.25) is 4.98 Å². The molecule has 0 bridgehead atoms. The van der Waals surface area contributed by atoms with Gasteiger partial charge in [0.15, 0.2) is 0 Å². The van der Waals surface area contributed by atoms with Gasteiger partial charge in [-0.1, -0.05) is 12.1 Å². The first-order valence-electron chi connectivity index (χ1n) is 5.58. The summed E-state index contributed by atoms with van der Waals surface area (Å²) in [7, 11) is 0. The predicted molar refractivity (Wildman–Crippen MR) is 83.2 cm³/mol. The van der Waals surface area contributed by atoms with Crippen LogP contribution in [-0.4, -0.2) is 4.98 Å². The number of aryl methyl sites for hydroxylation is 1. The van der Waals surface area contributed by atoms with Crippen molar-refractivity contribution in [2.75, 3.05) is 0 Å². The average Bonchev–Trinajstić information content (AvgIpc) is 2.73. The van der Waals surface area contributed by atoms with E-state index < -0.39 is 0 Å². The van der Waals surface area contributed by atoms with Crippen LogP contribution in [0.3, 0.4) is 0 Å². The number of halogens is 1. The van der Waals surface area contributed by atoms with Crippen LogP contribution >= 0.6 is 23.7 Å². The molecule has 0 spiro atoms. The third kappa shape index (κ3) is 4.47. The molecule has 0 fully saturated rings. The molecule has 2 aromatic rings. The van der Waals surface area contributed by atoms with Gasteiger partial charge in [-0.25, -0.2) is 0 Å². The summed E-state index contributed by atoms with van der Waals surface area (Å²) in [4.78, 5) is 6.89. The summed E-state index contributed by atoms with van der Waals surface area (Å²) in [5.41, 5.74) is 2.22. The zero-order valence-corrected chi connectivity index (χ0v) is 12.1. The Morgan fingerprint density at radius 1 is 1.22 bits per heavy atom. The number of allylic oxidation sites excluding steroid dienone is 2. The fraction of sp³-hybridized carbons (Fsp3) is 0.133. The second kappa shape index (κ2) is 7.14. The molecule has 3 heteroatoms. The fourth-order valence-electron chi connectivity index (χ4n) is 1.49. The molecule has 0 atom stereocenters. The van der Waals surface area contributed by atoms with Crippen molar-refractivity contribution in [2.24, 2.45) is 0 Å². The summed E-state index contributed by atoms with van der Waals surface area (Å²) in [5, 5.41) is 0. The summed E-state index contributed by atoms with van der Waals surface area (Å²) in [6, 6.07) is 10.2. The Bertz CT molecular complexity index is 541. The highest BCUT2D eigenvalue weighted by Crippen LogP contribution is 2.18. The smallest absolute Gasteiger partial charge is 0.0629 e. The Balaban J connectivity index is 0.00000162. The van der Waals surface area contributed by atoms with Crippen LogP contribution in [0.25, 0.3) is 12.2 Å². The molecule has 2 aromatic heterocycles. The molecule has 2 heterocycles. The number of rotatable bonds is 3. The molecule has 0 aliphatic rings. The minimum absolute atomic E-state index is 0. The predicted octanol–water partition coefficient (Wildman–Crippen LogP) is 4.99. The van der Waals surface area contributed by atoms with E-state index >= 15 is 0 Å². The zero-order chi connectivity index (χ0) is 12.1. The first-order valence-corrected chi connectivity index (χ1v) is 6.39. The largest absolute Gasteiger partial charge is 0.257 e. The Hall–Kier alpha value is -1.38. The van der Waals surface area contributed by atoms with Crippen molar-refractivity contribution in [1.29, 1.82) is 0 Å². The molecule has 18 heavy (non-hydrogen) atoms. The van der Waals surface area contributed by atoms with Crippen molar-refractivity contribution >= 4 is 35.9 Å². The summed E-state index contributed by atoms with van der Waals surface area (Å²) < 4.78 is 0. The molecule has 0 aromatic carbocycles. The van der Waals surface area contributed by atoms with E-state index in [1.807, 2.05) is 35.6 Å². The summed E-state index contributed by atoms with van der Waals surface area (Å²) in [6.45, 7) is 4.23. The van der Waals surface area contributed by atoms with Crippen molar-refractivity contribution in [1.82, 2.24) is 4.98 Å². The molecular weight excluding hydrogens is 262 g/mol. The monoisotopic (exact) mass is 277 g/mol. The van der Waals surface area contributed by atoms with Gasteiger partial charge in [0.05, 0.1) is 5.69 Å². The number of pyridine rings is 1. The normalized spacial score (nSPS) is 11.6. The van der Waals surface area contributed by atoms with Crippen LogP contribution in [0, 0.1) is 6.92 Å². The van der Waals surface area contributed by atoms with E-state index in [-0.39, 0.29) is 12.4 Å². The maximum absolute atomic E-state index is 4.25. The van der Waals surface area contributed by atoms with Crippen molar-refractivity contribution in [3.63, 3.8) is 0 Å². The number of hydrogen-bond acceptors (Lipinski definition) is 2. The highest BCUT2D eigenvalue weighted by Gasteiger charge is 1.92. The van der Waals surface area contributed by atoms with Gasteiger partial charge in [-0.05, 0) is 55.8 Å². The van der Waals surface area contributed by atoms with E-state index in [4.69, 9.17) is 0 Å². The Morgan fingerprint density at radius 2 is 2.06 bits per heavy atom. The SMILES string of the molecule is CC(/C=C/c1ccccn1)=C\c1ccc(C)s1.Cl. The molecule has 94 valence electrons. The second-order valence-electron chi connectivity index (χ2n) is 3.92. The minimum atomic E-state index is 0. The number of hydrogen-bond donors (Lipinski definition) is 0. The van der Waals surface area contributed by atoms with Crippen molar-refractivity contribution in [3.05, 3.63) is 63.6 Å². The van der Waals surface area contributed by atoms with Gasteiger partial charge < -0.3 is 0 Å². The van der Waals surface area contributed by atoms with E-state index in [1.165, 1.54) is 15.3 Å². The van der Waals surface area contributed by atoms with Gasteiger partial charge in [-0.2, -0.15) is 0 Å². The highest BCUT2D eigenvalue weighted by atomic mass is 35.5. The van der Waals surface area contributed by atoms with Crippen molar-refractivity contribution < 1.29 is 0 Å². The molecule has 2 rings (SSSR count). The molecule has 0 saturated carbocycles. The summed E-state index contributed by atoms with van der Waals surface area (Å²) >= 11 is 1.81. The van der Waals surface area contributed by atoms with Crippen molar-refractivity contribution in [2.45, 2.75) is 13.8 Å². The first-order chi connectivity index (χ1) is 8.24. The standard InChI is InChI=1S/C15H15NS.ClH/c1-12(11-15-9-7-13(2)17-15)6-8-14-5-3-4-10-16-14;/h3-11H,1-2H3;1H/b8-6+,12-11+;. The molecule has 0 aliphatic heterocycles. The Kier molecular flexibility index (Phi) is 5.83. The van der Waals surface area contributed by atoms with Crippen LogP contribution < -0.4 is 0 Å². The van der Waals surface area contributed by atoms with E-state index in [0.29, 0.717) is 0 Å². The summed E-state index contributed by atoms with van der Waals surface area (Å²) in [5.74, 6) is 0. The summed E-state index contributed by atoms with van der Waals surface area (Å²) in [6.07, 6.45) is 8.13. The molecule has 0 radical (unpaired) electrons. The molecule has 0 unspecified atom stereocenters. The van der Waals surface area contributed by atoms with E-state index in [1.54, 1.807) is 6.20 Å². The average molecular weight is 278 g/mol. The van der Waals surface area contributed by atoms with Gasteiger partial charge in [0, 0.05) is 16.0 Å². The van der Waals surface area contributed by atoms with Crippen LogP contribution in [-0.2, 0) is 0 Å². The maximum atomic E-state index is 4.25. The molecule has 0 amide bonds. The maximum Gasteiger partial charge on any atom is 0.0629 e.